The second-order valence-electron chi connectivity index (χ2n) is 8.13. The number of fused-ring (bicyclic) bond motifs is 1. The lowest BCUT2D eigenvalue weighted by atomic mass is 9.89. The van der Waals surface area contributed by atoms with E-state index in [-0.39, 0.29) is 17.6 Å². The second-order valence-corrected chi connectivity index (χ2v) is 9.02. The van der Waals surface area contributed by atoms with Crippen molar-refractivity contribution in [3.05, 3.63) is 41.3 Å². The summed E-state index contributed by atoms with van der Waals surface area (Å²) < 4.78 is 5.19. The van der Waals surface area contributed by atoms with Crippen molar-refractivity contribution in [3.63, 3.8) is 0 Å². The summed E-state index contributed by atoms with van der Waals surface area (Å²) in [6.45, 7) is 4.36. The van der Waals surface area contributed by atoms with Gasteiger partial charge in [-0.1, -0.05) is 0 Å². The Morgan fingerprint density at radius 3 is 2.58 bits per heavy atom. The number of hydrogen-bond donors (Lipinski definition) is 2. The zero-order valence-electron chi connectivity index (χ0n) is 19.0. The largest absolute Gasteiger partial charge is 0.497 e. The van der Waals surface area contributed by atoms with E-state index in [1.807, 2.05) is 29.6 Å². The molecule has 1 aliphatic heterocycles. The molecule has 3 aromatic rings. The number of carbonyl (C=O) groups is 2. The Morgan fingerprint density at radius 1 is 1.12 bits per heavy atom. The zero-order valence-corrected chi connectivity index (χ0v) is 19.8. The van der Waals surface area contributed by atoms with E-state index in [2.05, 4.69) is 26.6 Å². The van der Waals surface area contributed by atoms with Gasteiger partial charge in [-0.25, -0.2) is 4.98 Å². The molecule has 9 heteroatoms. The zero-order chi connectivity index (χ0) is 23.2. The van der Waals surface area contributed by atoms with E-state index in [1.54, 1.807) is 18.4 Å². The minimum Gasteiger partial charge on any atom is -0.497 e. The number of nitrogens with zero attached hydrogens (tertiary/aromatic N) is 3. The lowest BCUT2D eigenvalue weighted by Gasteiger charge is -2.32. The summed E-state index contributed by atoms with van der Waals surface area (Å²) in [5.74, 6) is 2.45. The number of amides is 1. The van der Waals surface area contributed by atoms with Crippen LogP contribution in [0.3, 0.4) is 0 Å². The van der Waals surface area contributed by atoms with E-state index in [1.165, 1.54) is 6.92 Å². The standard InChI is InChI=1S/C24H29N5O3S/c1-16(30)25-11-3-12-26-24-27-22(20-10-15-33-23(20)28-24)29-13-8-18(9-14-29)21(31)17-4-6-19(32-2)7-5-17/h4-7,10,15,18H,3,8-9,11-14H2,1-2H3,(H,25,30)(H,26,27,28). The minimum atomic E-state index is -0.0255. The number of piperidine rings is 1. The third-order valence-corrected chi connectivity index (χ3v) is 6.66. The lowest BCUT2D eigenvalue weighted by molar-refractivity contribution is -0.118. The van der Waals surface area contributed by atoms with Gasteiger partial charge in [0.05, 0.1) is 12.5 Å². The van der Waals surface area contributed by atoms with Crippen LogP contribution in [-0.2, 0) is 4.79 Å². The summed E-state index contributed by atoms with van der Waals surface area (Å²) in [7, 11) is 1.62. The van der Waals surface area contributed by atoms with Crippen molar-refractivity contribution in [3.8, 4) is 5.75 Å². The van der Waals surface area contributed by atoms with E-state index >= 15 is 0 Å². The maximum Gasteiger partial charge on any atom is 0.226 e. The Kier molecular flexibility index (Phi) is 7.39. The number of thiophene rings is 1. The molecule has 8 nitrogen and oxygen atoms in total. The van der Waals surface area contributed by atoms with Gasteiger partial charge in [-0.2, -0.15) is 4.98 Å². The van der Waals surface area contributed by atoms with Crippen molar-refractivity contribution >= 4 is 45.0 Å². The van der Waals surface area contributed by atoms with Gasteiger partial charge in [-0.15, -0.1) is 11.3 Å². The van der Waals surface area contributed by atoms with E-state index in [0.29, 0.717) is 19.0 Å². The number of Topliss-reactive ketones (excluding diaryl/α,β-unsaturated/α-hetero) is 1. The van der Waals surface area contributed by atoms with Crippen LogP contribution in [0.1, 0.15) is 36.5 Å². The molecular weight excluding hydrogens is 438 g/mol. The second kappa shape index (κ2) is 10.6. The molecule has 0 spiro atoms. The van der Waals surface area contributed by atoms with Gasteiger partial charge in [-0.3, -0.25) is 9.59 Å². The normalized spacial score (nSPS) is 14.3. The summed E-state index contributed by atoms with van der Waals surface area (Å²) in [4.78, 5) is 36.6. The van der Waals surface area contributed by atoms with Crippen LogP contribution in [0, 0.1) is 5.92 Å². The maximum absolute atomic E-state index is 13.0. The van der Waals surface area contributed by atoms with E-state index < -0.39 is 0 Å². The van der Waals surface area contributed by atoms with Crippen molar-refractivity contribution in [1.29, 1.82) is 0 Å². The molecule has 0 radical (unpaired) electrons. The molecule has 1 fully saturated rings. The first-order chi connectivity index (χ1) is 16.0. The van der Waals surface area contributed by atoms with Crippen LogP contribution >= 0.6 is 11.3 Å². The molecule has 1 amide bonds. The Morgan fingerprint density at radius 2 is 1.88 bits per heavy atom. The topological polar surface area (TPSA) is 96.5 Å². The number of ketones is 1. The number of anilines is 2. The predicted octanol–water partition coefficient (Wildman–Crippen LogP) is 3.74. The molecule has 2 N–H and O–H groups in total. The Bertz CT molecular complexity index is 1110. The van der Waals surface area contributed by atoms with Crippen LogP contribution in [0.5, 0.6) is 5.75 Å². The summed E-state index contributed by atoms with van der Waals surface area (Å²) >= 11 is 1.59. The number of ether oxygens (including phenoxy) is 1. The SMILES string of the molecule is COc1ccc(C(=O)C2CCN(c3nc(NCCCNC(C)=O)nc4sccc34)CC2)cc1. The number of hydrogen-bond acceptors (Lipinski definition) is 8. The van der Waals surface area contributed by atoms with Crippen LogP contribution in [0.4, 0.5) is 11.8 Å². The summed E-state index contributed by atoms with van der Waals surface area (Å²) in [5.41, 5.74) is 0.738. The highest BCUT2D eigenvalue weighted by molar-refractivity contribution is 7.16. The fraction of sp³-hybridized carbons (Fsp3) is 0.417. The molecular formula is C24H29N5O3S. The first kappa shape index (κ1) is 23.0. The Balaban J connectivity index is 1.40. The number of nitrogens with one attached hydrogen (secondary N) is 2. The third-order valence-electron chi connectivity index (χ3n) is 5.86. The molecule has 2 aromatic heterocycles. The van der Waals surface area contributed by atoms with Gasteiger partial charge in [0.2, 0.25) is 11.9 Å². The molecule has 4 rings (SSSR count). The molecule has 1 aliphatic rings. The minimum absolute atomic E-state index is 0.0146. The molecule has 1 aromatic carbocycles. The van der Waals surface area contributed by atoms with Crippen molar-refractivity contribution < 1.29 is 14.3 Å². The maximum atomic E-state index is 13.0. The lowest BCUT2D eigenvalue weighted by Crippen LogP contribution is -2.37. The summed E-state index contributed by atoms with van der Waals surface area (Å²) in [6, 6.07) is 9.42. The molecule has 3 heterocycles. The van der Waals surface area contributed by atoms with Gasteiger partial charge >= 0.3 is 0 Å². The fourth-order valence-electron chi connectivity index (χ4n) is 4.06. The van der Waals surface area contributed by atoms with Crippen molar-refractivity contribution in [1.82, 2.24) is 15.3 Å². The first-order valence-corrected chi connectivity index (χ1v) is 12.1. The number of carbonyl (C=O) groups excluding carboxylic acids is 2. The van der Waals surface area contributed by atoms with Gasteiger partial charge < -0.3 is 20.3 Å². The molecule has 0 bridgehead atoms. The average molecular weight is 468 g/mol. The van der Waals surface area contributed by atoms with E-state index in [4.69, 9.17) is 9.72 Å². The molecule has 0 unspecified atom stereocenters. The molecule has 0 aliphatic carbocycles. The molecule has 0 saturated carbocycles. The highest BCUT2D eigenvalue weighted by Crippen LogP contribution is 2.32. The number of benzene rings is 1. The number of methoxy groups -OCH3 is 1. The molecule has 0 atom stereocenters. The van der Waals surface area contributed by atoms with Crippen LogP contribution < -0.4 is 20.3 Å². The predicted molar refractivity (Wildman–Crippen MR) is 131 cm³/mol. The third kappa shape index (κ3) is 5.60. The van der Waals surface area contributed by atoms with Crippen LogP contribution in [-0.4, -0.2) is 54.9 Å². The van der Waals surface area contributed by atoms with Gasteiger partial charge in [0.15, 0.2) is 5.78 Å². The monoisotopic (exact) mass is 467 g/mol. The van der Waals surface area contributed by atoms with Crippen LogP contribution in [0.15, 0.2) is 35.7 Å². The Labute approximate surface area is 197 Å². The Hall–Kier alpha value is -3.20. The molecule has 33 heavy (non-hydrogen) atoms. The van der Waals surface area contributed by atoms with Gasteiger partial charge in [0.25, 0.3) is 0 Å². The smallest absolute Gasteiger partial charge is 0.226 e. The average Bonchev–Trinajstić information content (AvgIpc) is 3.31. The van der Waals surface area contributed by atoms with E-state index in [9.17, 15) is 9.59 Å². The van der Waals surface area contributed by atoms with Crippen LogP contribution in [0.2, 0.25) is 0 Å². The van der Waals surface area contributed by atoms with Gasteiger partial charge in [0.1, 0.15) is 16.4 Å². The van der Waals surface area contributed by atoms with Gasteiger partial charge in [-0.05, 0) is 55.0 Å². The quantitative estimate of drug-likeness (QED) is 0.366. The highest BCUT2D eigenvalue weighted by Gasteiger charge is 2.27. The van der Waals surface area contributed by atoms with E-state index in [0.717, 1.165) is 59.7 Å². The summed E-state index contributed by atoms with van der Waals surface area (Å²) in [5, 5.41) is 9.15. The number of aromatic nitrogens is 2. The fourth-order valence-corrected chi connectivity index (χ4v) is 4.82. The highest BCUT2D eigenvalue weighted by atomic mass is 32.1. The van der Waals surface area contributed by atoms with Crippen LogP contribution in [0.25, 0.3) is 10.2 Å². The molecule has 174 valence electrons. The van der Waals surface area contributed by atoms with Gasteiger partial charge in [0, 0.05) is 44.6 Å². The first-order valence-electron chi connectivity index (χ1n) is 11.2. The van der Waals surface area contributed by atoms with Crippen molar-refractivity contribution in [2.24, 2.45) is 5.92 Å². The summed E-state index contributed by atoms with van der Waals surface area (Å²) in [6.07, 6.45) is 2.37. The number of rotatable bonds is 9. The van der Waals surface area contributed by atoms with Crippen molar-refractivity contribution in [2.45, 2.75) is 26.2 Å². The molecule has 1 saturated heterocycles. The van der Waals surface area contributed by atoms with Crippen molar-refractivity contribution in [2.75, 3.05) is 43.5 Å².